The monoisotopic (exact) mass is 470 g/mol. The molecular weight excluding hydrogens is 436 g/mol. The van der Waals surface area contributed by atoms with E-state index < -0.39 is 0 Å². The van der Waals surface area contributed by atoms with Crippen LogP contribution in [-0.4, -0.2) is 58.0 Å². The lowest BCUT2D eigenvalue weighted by molar-refractivity contribution is -0.165. The van der Waals surface area contributed by atoms with E-state index in [4.69, 9.17) is 28.4 Å². The van der Waals surface area contributed by atoms with Crippen molar-refractivity contribution in [3.8, 4) is 11.5 Å². The molecule has 0 spiro atoms. The molecule has 0 aliphatic carbocycles. The average Bonchev–Trinajstić information content (AvgIpc) is 2.91. The van der Waals surface area contributed by atoms with Crippen molar-refractivity contribution in [2.24, 2.45) is 0 Å². The van der Waals surface area contributed by atoms with E-state index in [2.05, 4.69) is 0 Å². The Morgan fingerprint density at radius 2 is 1.09 bits per heavy atom. The highest BCUT2D eigenvalue weighted by Gasteiger charge is 2.15. The summed E-state index contributed by atoms with van der Waals surface area (Å²) in [5.74, 6) is 1.36. The normalized spacial score (nSPS) is 20.6. The van der Waals surface area contributed by atoms with Gasteiger partial charge in [0.2, 0.25) is 0 Å². The molecule has 2 saturated heterocycles. The summed E-state index contributed by atoms with van der Waals surface area (Å²) in [6, 6.07) is 14.3. The van der Waals surface area contributed by atoms with Crippen molar-refractivity contribution in [3.05, 3.63) is 59.7 Å². The van der Waals surface area contributed by atoms with E-state index in [9.17, 15) is 4.79 Å². The number of carbonyl (C=O) groups excluding carboxylic acids is 1. The topological polar surface area (TPSA) is 72.5 Å². The van der Waals surface area contributed by atoms with Crippen LogP contribution in [0.1, 0.15) is 54.4 Å². The minimum Gasteiger partial charge on any atom is -0.491 e. The first-order valence-electron chi connectivity index (χ1n) is 12.2. The number of benzene rings is 2. The Kier molecular flexibility index (Phi) is 9.75. The summed E-state index contributed by atoms with van der Waals surface area (Å²) in [7, 11) is 0. The molecule has 7 nitrogen and oxygen atoms in total. The minimum atomic E-state index is -0.112. The maximum Gasteiger partial charge on any atom is 0.193 e. The fourth-order valence-corrected chi connectivity index (χ4v) is 3.94. The molecule has 7 heteroatoms. The predicted molar refractivity (Wildman–Crippen MR) is 126 cm³/mol. The summed E-state index contributed by atoms with van der Waals surface area (Å²) in [5.41, 5.74) is 1.21. The number of hydrogen-bond donors (Lipinski definition) is 0. The lowest BCUT2D eigenvalue weighted by Gasteiger charge is -2.22. The zero-order valence-electron chi connectivity index (χ0n) is 19.6. The van der Waals surface area contributed by atoms with Crippen molar-refractivity contribution in [2.45, 2.75) is 51.1 Å². The van der Waals surface area contributed by atoms with Gasteiger partial charge in [0.05, 0.1) is 13.2 Å². The molecular formula is C27H34O7. The second-order valence-corrected chi connectivity index (χ2v) is 8.41. The summed E-state index contributed by atoms with van der Waals surface area (Å²) >= 11 is 0. The molecule has 2 unspecified atom stereocenters. The molecule has 2 fully saturated rings. The van der Waals surface area contributed by atoms with Crippen LogP contribution in [0.5, 0.6) is 11.5 Å². The highest BCUT2D eigenvalue weighted by atomic mass is 16.7. The maximum absolute atomic E-state index is 12.8. The molecule has 2 aliphatic heterocycles. The molecule has 2 aromatic carbocycles. The Bertz CT molecular complexity index is 782. The summed E-state index contributed by atoms with van der Waals surface area (Å²) < 4.78 is 33.8. The Morgan fingerprint density at radius 3 is 1.47 bits per heavy atom. The summed E-state index contributed by atoms with van der Waals surface area (Å²) in [6.07, 6.45) is 6.14. The quantitative estimate of drug-likeness (QED) is 0.327. The van der Waals surface area contributed by atoms with Crippen LogP contribution in [0.4, 0.5) is 0 Å². The standard InChI is InChI=1S/C27H34O7/c28-27(21-7-11-23(12-8-21)29-17-19-33-25-5-1-3-15-31-25)22-9-13-24(14-10-22)30-18-20-34-26-6-2-4-16-32-26/h7-14,25-26H,1-6,15-20H2. The number of hydrogen-bond acceptors (Lipinski definition) is 7. The van der Waals surface area contributed by atoms with Crippen LogP contribution in [0.3, 0.4) is 0 Å². The molecule has 0 aromatic heterocycles. The van der Waals surface area contributed by atoms with E-state index in [0.29, 0.717) is 49.1 Å². The van der Waals surface area contributed by atoms with Crippen molar-refractivity contribution in [1.82, 2.24) is 0 Å². The fraction of sp³-hybridized carbons (Fsp3) is 0.519. The largest absolute Gasteiger partial charge is 0.491 e. The molecule has 0 N–H and O–H groups in total. The molecule has 0 saturated carbocycles. The van der Waals surface area contributed by atoms with Gasteiger partial charge in [-0.15, -0.1) is 0 Å². The van der Waals surface area contributed by atoms with Crippen molar-refractivity contribution >= 4 is 5.78 Å². The number of rotatable bonds is 12. The third-order valence-corrected chi connectivity index (χ3v) is 5.82. The molecule has 2 heterocycles. The van der Waals surface area contributed by atoms with E-state index in [1.165, 1.54) is 0 Å². The Morgan fingerprint density at radius 1 is 0.647 bits per heavy atom. The van der Waals surface area contributed by atoms with Crippen LogP contribution in [0.15, 0.2) is 48.5 Å². The first-order chi connectivity index (χ1) is 16.8. The Labute approximate surface area is 201 Å². The molecule has 0 radical (unpaired) electrons. The van der Waals surface area contributed by atoms with Crippen LogP contribution in [0, 0.1) is 0 Å². The second kappa shape index (κ2) is 13.4. The van der Waals surface area contributed by atoms with Crippen molar-refractivity contribution in [2.75, 3.05) is 39.6 Å². The van der Waals surface area contributed by atoms with Gasteiger partial charge in [-0.25, -0.2) is 0 Å². The Balaban J connectivity index is 1.16. The van der Waals surface area contributed by atoms with Crippen molar-refractivity contribution < 1.29 is 33.2 Å². The lowest BCUT2D eigenvalue weighted by Crippen LogP contribution is -2.24. The van der Waals surface area contributed by atoms with Crippen LogP contribution in [0.25, 0.3) is 0 Å². The number of ketones is 1. The van der Waals surface area contributed by atoms with Crippen LogP contribution in [-0.2, 0) is 18.9 Å². The van der Waals surface area contributed by atoms with Gasteiger partial charge in [0.25, 0.3) is 0 Å². The fourth-order valence-electron chi connectivity index (χ4n) is 3.94. The van der Waals surface area contributed by atoms with Crippen molar-refractivity contribution in [1.29, 1.82) is 0 Å². The zero-order chi connectivity index (χ0) is 23.4. The van der Waals surface area contributed by atoms with Gasteiger partial charge in [-0.2, -0.15) is 0 Å². The molecule has 0 amide bonds. The van der Waals surface area contributed by atoms with Gasteiger partial charge in [-0.1, -0.05) is 0 Å². The van der Waals surface area contributed by atoms with E-state index in [0.717, 1.165) is 51.7 Å². The number of ether oxygens (including phenoxy) is 6. The maximum atomic E-state index is 12.8. The van der Waals surface area contributed by atoms with Gasteiger partial charge in [0, 0.05) is 24.3 Å². The van der Waals surface area contributed by atoms with E-state index in [1.54, 1.807) is 48.5 Å². The van der Waals surface area contributed by atoms with Gasteiger partial charge in [0.15, 0.2) is 18.4 Å². The van der Waals surface area contributed by atoms with Gasteiger partial charge >= 0.3 is 0 Å². The second-order valence-electron chi connectivity index (χ2n) is 8.41. The highest BCUT2D eigenvalue weighted by molar-refractivity contribution is 6.09. The summed E-state index contributed by atoms with van der Waals surface area (Å²) in [5, 5.41) is 0. The molecule has 0 bridgehead atoms. The van der Waals surface area contributed by atoms with Gasteiger partial charge in [-0.3, -0.25) is 4.79 Å². The molecule has 34 heavy (non-hydrogen) atoms. The molecule has 2 atom stereocenters. The van der Waals surface area contributed by atoms with E-state index in [1.807, 2.05) is 0 Å². The average molecular weight is 471 g/mol. The molecule has 2 aliphatic rings. The van der Waals surface area contributed by atoms with Crippen molar-refractivity contribution in [3.63, 3.8) is 0 Å². The first-order valence-corrected chi connectivity index (χ1v) is 12.2. The van der Waals surface area contributed by atoms with E-state index in [-0.39, 0.29) is 18.4 Å². The van der Waals surface area contributed by atoms with Gasteiger partial charge < -0.3 is 28.4 Å². The summed E-state index contributed by atoms with van der Waals surface area (Å²) in [6.45, 7) is 3.35. The zero-order valence-corrected chi connectivity index (χ0v) is 19.6. The Hall–Kier alpha value is -2.45. The van der Waals surface area contributed by atoms with Gasteiger partial charge in [0.1, 0.15) is 24.7 Å². The van der Waals surface area contributed by atoms with Crippen LogP contribution < -0.4 is 9.47 Å². The van der Waals surface area contributed by atoms with E-state index >= 15 is 0 Å². The first kappa shape index (κ1) is 24.7. The smallest absolute Gasteiger partial charge is 0.193 e. The van der Waals surface area contributed by atoms with Crippen LogP contribution >= 0.6 is 0 Å². The molecule has 4 rings (SSSR count). The predicted octanol–water partition coefficient (Wildman–Crippen LogP) is 4.76. The SMILES string of the molecule is O=C(c1ccc(OCCOC2CCCCO2)cc1)c1ccc(OCCOC2CCCCO2)cc1. The van der Waals surface area contributed by atoms with Gasteiger partial charge in [-0.05, 0) is 87.1 Å². The minimum absolute atomic E-state index is 0.0475. The third kappa shape index (κ3) is 7.81. The molecule has 2 aromatic rings. The highest BCUT2D eigenvalue weighted by Crippen LogP contribution is 2.19. The number of carbonyl (C=O) groups is 1. The molecule has 184 valence electrons. The third-order valence-electron chi connectivity index (χ3n) is 5.82. The lowest BCUT2D eigenvalue weighted by atomic mass is 10.0. The van der Waals surface area contributed by atoms with Crippen LogP contribution in [0.2, 0.25) is 0 Å². The summed E-state index contributed by atoms with van der Waals surface area (Å²) in [4.78, 5) is 12.8.